The second-order valence-electron chi connectivity index (χ2n) is 3.25. The Bertz CT molecular complexity index is 120. The summed E-state index contributed by atoms with van der Waals surface area (Å²) in [7, 11) is 0. The molecule has 1 unspecified atom stereocenters. The van der Waals surface area contributed by atoms with Crippen molar-refractivity contribution in [1.29, 1.82) is 0 Å². The van der Waals surface area contributed by atoms with E-state index >= 15 is 0 Å². The first-order chi connectivity index (χ1) is 4.25. The van der Waals surface area contributed by atoms with Crippen LogP contribution in [0.3, 0.4) is 0 Å². The van der Waals surface area contributed by atoms with Gasteiger partial charge in [0.25, 0.3) is 0 Å². The zero-order chi connectivity index (χ0) is 6.85. The molecule has 0 radical (unpaired) electrons. The van der Waals surface area contributed by atoms with E-state index in [1.807, 2.05) is 0 Å². The van der Waals surface area contributed by atoms with Crippen molar-refractivity contribution >= 4 is 0 Å². The summed E-state index contributed by atoms with van der Waals surface area (Å²) in [5, 5.41) is 0. The van der Waals surface area contributed by atoms with Gasteiger partial charge in [0.15, 0.2) is 0 Å². The van der Waals surface area contributed by atoms with Gasteiger partial charge in [0.05, 0.1) is 0 Å². The lowest BCUT2D eigenvalue weighted by Gasteiger charge is -2.33. The van der Waals surface area contributed by atoms with Crippen molar-refractivity contribution in [3.8, 4) is 0 Å². The average Bonchev–Trinajstić information content (AvgIpc) is 1.61. The highest BCUT2D eigenvalue weighted by Crippen LogP contribution is 2.38. The van der Waals surface area contributed by atoms with Gasteiger partial charge in [-0.2, -0.15) is 0 Å². The van der Waals surface area contributed by atoms with Crippen LogP contribution in [0.2, 0.25) is 0 Å². The molecule has 0 aromatic carbocycles. The van der Waals surface area contributed by atoms with Crippen LogP contribution in [-0.2, 0) is 0 Å². The van der Waals surface area contributed by atoms with Crippen LogP contribution in [0.5, 0.6) is 0 Å². The second-order valence-corrected chi connectivity index (χ2v) is 3.25. The summed E-state index contributed by atoms with van der Waals surface area (Å²) in [6, 6.07) is 0. The van der Waals surface area contributed by atoms with Crippen molar-refractivity contribution in [3.05, 3.63) is 11.6 Å². The van der Waals surface area contributed by atoms with Gasteiger partial charge in [0, 0.05) is 0 Å². The number of allylic oxidation sites excluding steroid dienone is 2. The van der Waals surface area contributed by atoms with Crippen LogP contribution in [-0.4, -0.2) is 0 Å². The van der Waals surface area contributed by atoms with Crippen molar-refractivity contribution in [2.75, 3.05) is 0 Å². The van der Waals surface area contributed by atoms with E-state index in [2.05, 4.69) is 26.8 Å². The van der Waals surface area contributed by atoms with Gasteiger partial charge in [-0.25, -0.2) is 0 Å². The molecule has 1 fully saturated rings. The van der Waals surface area contributed by atoms with E-state index in [9.17, 15) is 0 Å². The number of hydrogen-bond acceptors (Lipinski definition) is 0. The summed E-state index contributed by atoms with van der Waals surface area (Å²) >= 11 is 0. The van der Waals surface area contributed by atoms with Crippen molar-refractivity contribution in [2.45, 2.75) is 33.6 Å². The molecule has 0 aliphatic heterocycles. The van der Waals surface area contributed by atoms with Gasteiger partial charge < -0.3 is 0 Å². The van der Waals surface area contributed by atoms with Crippen molar-refractivity contribution < 1.29 is 0 Å². The van der Waals surface area contributed by atoms with Gasteiger partial charge in [-0.3, -0.25) is 0 Å². The molecule has 0 heteroatoms. The molecule has 0 aromatic heterocycles. The lowest BCUT2D eigenvalue weighted by Crippen LogP contribution is -2.20. The molecule has 0 N–H and O–H groups in total. The molecular formula is C9H16. The summed E-state index contributed by atoms with van der Waals surface area (Å²) in [4.78, 5) is 0. The Labute approximate surface area is 58.0 Å². The summed E-state index contributed by atoms with van der Waals surface area (Å²) in [6.45, 7) is 6.78. The minimum absolute atomic E-state index is 0.866. The lowest BCUT2D eigenvalue weighted by molar-refractivity contribution is 0.334. The van der Waals surface area contributed by atoms with Crippen LogP contribution in [0, 0.1) is 11.8 Å². The normalized spacial score (nSPS) is 31.1. The smallest absolute Gasteiger partial charge is 0.0177 e. The summed E-state index contributed by atoms with van der Waals surface area (Å²) in [5.74, 6) is 1.79. The Morgan fingerprint density at radius 2 is 2.22 bits per heavy atom. The molecule has 0 heterocycles. The summed E-state index contributed by atoms with van der Waals surface area (Å²) in [6.07, 6.45) is 5.07. The fraction of sp³-hybridized carbons (Fsp3) is 0.778. The first-order valence-corrected chi connectivity index (χ1v) is 3.90. The van der Waals surface area contributed by atoms with E-state index in [1.54, 1.807) is 5.57 Å². The van der Waals surface area contributed by atoms with Gasteiger partial charge in [-0.05, 0) is 31.6 Å². The zero-order valence-electron chi connectivity index (χ0n) is 6.65. The molecule has 1 atom stereocenters. The van der Waals surface area contributed by atoms with Crippen LogP contribution >= 0.6 is 0 Å². The Balaban J connectivity index is 2.45. The van der Waals surface area contributed by atoms with E-state index in [0.717, 1.165) is 11.8 Å². The highest BCUT2D eigenvalue weighted by Gasteiger charge is 2.25. The quantitative estimate of drug-likeness (QED) is 0.471. The predicted octanol–water partition coefficient (Wildman–Crippen LogP) is 3.00. The second kappa shape index (κ2) is 2.55. The Kier molecular flexibility index (Phi) is 1.94. The number of hydrogen-bond donors (Lipinski definition) is 0. The zero-order valence-corrected chi connectivity index (χ0v) is 6.65. The van der Waals surface area contributed by atoms with E-state index in [4.69, 9.17) is 0 Å². The molecule has 1 aliphatic carbocycles. The summed E-state index contributed by atoms with van der Waals surface area (Å²) < 4.78 is 0. The minimum atomic E-state index is 0.866. The third kappa shape index (κ3) is 1.17. The van der Waals surface area contributed by atoms with Crippen LogP contribution < -0.4 is 0 Å². The van der Waals surface area contributed by atoms with Gasteiger partial charge in [-0.1, -0.05) is 25.5 Å². The maximum atomic E-state index is 2.31. The Morgan fingerprint density at radius 1 is 1.56 bits per heavy atom. The molecule has 0 bridgehead atoms. The molecule has 1 saturated carbocycles. The maximum Gasteiger partial charge on any atom is -0.0177 e. The molecule has 0 saturated heterocycles. The van der Waals surface area contributed by atoms with Crippen LogP contribution in [0.4, 0.5) is 0 Å². The highest BCUT2D eigenvalue weighted by molar-refractivity contribution is 5.14. The van der Waals surface area contributed by atoms with E-state index in [1.165, 1.54) is 12.8 Å². The summed E-state index contributed by atoms with van der Waals surface area (Å²) in [5.41, 5.74) is 1.69. The molecule has 0 aromatic rings. The van der Waals surface area contributed by atoms with Crippen LogP contribution in [0.15, 0.2) is 11.6 Å². The number of rotatable bonds is 1. The minimum Gasteiger partial charge on any atom is -0.0882 e. The molecular weight excluding hydrogens is 108 g/mol. The largest absolute Gasteiger partial charge is 0.0882 e. The molecule has 0 spiro atoms. The van der Waals surface area contributed by atoms with Crippen molar-refractivity contribution in [2.24, 2.45) is 11.8 Å². The molecule has 0 nitrogen and oxygen atoms in total. The van der Waals surface area contributed by atoms with Gasteiger partial charge in [0.1, 0.15) is 0 Å². The first-order valence-electron chi connectivity index (χ1n) is 3.90. The predicted molar refractivity (Wildman–Crippen MR) is 41.3 cm³/mol. The fourth-order valence-corrected chi connectivity index (χ4v) is 1.60. The lowest BCUT2D eigenvalue weighted by atomic mass is 9.73. The standard InChI is InChI=1S/C9H16/c1-4-8-5-6-9(8)7(2)3/h4,7,9H,5-6H2,1-3H3. The van der Waals surface area contributed by atoms with E-state index in [-0.39, 0.29) is 0 Å². The fourth-order valence-electron chi connectivity index (χ4n) is 1.60. The maximum absolute atomic E-state index is 2.31. The third-order valence-corrected chi connectivity index (χ3v) is 2.40. The SMILES string of the molecule is CC=C1CCC1C(C)C. The monoisotopic (exact) mass is 124 g/mol. The molecule has 52 valence electrons. The molecule has 0 amide bonds. The van der Waals surface area contributed by atoms with Crippen LogP contribution in [0.25, 0.3) is 0 Å². The van der Waals surface area contributed by atoms with Crippen LogP contribution in [0.1, 0.15) is 33.6 Å². The third-order valence-electron chi connectivity index (χ3n) is 2.40. The first kappa shape index (κ1) is 6.85. The Morgan fingerprint density at radius 3 is 2.33 bits per heavy atom. The molecule has 1 rings (SSSR count). The average molecular weight is 124 g/mol. The van der Waals surface area contributed by atoms with Gasteiger partial charge >= 0.3 is 0 Å². The molecule has 1 aliphatic rings. The van der Waals surface area contributed by atoms with Gasteiger partial charge in [-0.15, -0.1) is 0 Å². The topological polar surface area (TPSA) is 0 Å². The molecule has 9 heavy (non-hydrogen) atoms. The highest BCUT2D eigenvalue weighted by atomic mass is 14.3. The van der Waals surface area contributed by atoms with Crippen molar-refractivity contribution in [1.82, 2.24) is 0 Å². The van der Waals surface area contributed by atoms with E-state index < -0.39 is 0 Å². The Hall–Kier alpha value is -0.260. The van der Waals surface area contributed by atoms with E-state index in [0.29, 0.717) is 0 Å². The van der Waals surface area contributed by atoms with Crippen molar-refractivity contribution in [3.63, 3.8) is 0 Å². The van der Waals surface area contributed by atoms with Gasteiger partial charge in [0.2, 0.25) is 0 Å².